The van der Waals surface area contributed by atoms with Gasteiger partial charge in [-0.15, -0.1) is 11.6 Å². The average Bonchev–Trinajstić information content (AvgIpc) is 2.31. The van der Waals surface area contributed by atoms with E-state index >= 15 is 0 Å². The third-order valence-electron chi connectivity index (χ3n) is 2.16. The van der Waals surface area contributed by atoms with Gasteiger partial charge in [-0.25, -0.2) is 4.39 Å². The van der Waals surface area contributed by atoms with Crippen LogP contribution in [-0.2, 0) is 21.8 Å². The fraction of sp³-hybridized carbons (Fsp3) is 0.333. The number of hydrogen-bond donors (Lipinski definition) is 0. The van der Waals surface area contributed by atoms with Crippen LogP contribution in [0.5, 0.6) is 0 Å². The van der Waals surface area contributed by atoms with Crippen molar-refractivity contribution < 1.29 is 13.9 Å². The Bertz CT molecular complexity index is 468. The summed E-state index contributed by atoms with van der Waals surface area (Å²) >= 11 is 5.57. The highest BCUT2D eigenvalue weighted by Crippen LogP contribution is 2.18. The van der Waals surface area contributed by atoms with E-state index in [4.69, 9.17) is 21.6 Å². The fourth-order valence-electron chi connectivity index (χ4n) is 1.41. The first-order valence-electron chi connectivity index (χ1n) is 5.05. The van der Waals surface area contributed by atoms with E-state index < -0.39 is 11.8 Å². The van der Waals surface area contributed by atoms with Crippen molar-refractivity contribution in [2.45, 2.75) is 19.2 Å². The van der Waals surface area contributed by atoms with Crippen LogP contribution >= 0.6 is 11.6 Å². The number of esters is 1. The van der Waals surface area contributed by atoms with Crippen LogP contribution < -0.4 is 0 Å². The lowest BCUT2D eigenvalue weighted by molar-refractivity contribution is -0.142. The predicted molar refractivity (Wildman–Crippen MR) is 61.0 cm³/mol. The molecule has 90 valence electrons. The van der Waals surface area contributed by atoms with Gasteiger partial charge in [0.1, 0.15) is 5.82 Å². The Morgan fingerprint density at radius 2 is 2.29 bits per heavy atom. The molecule has 1 aromatic rings. The zero-order chi connectivity index (χ0) is 12.8. The smallest absolute Gasteiger partial charge is 0.310 e. The number of carbonyl (C=O) groups is 1. The molecule has 0 aliphatic heterocycles. The van der Waals surface area contributed by atoms with E-state index in [0.29, 0.717) is 5.56 Å². The molecule has 0 N–H and O–H groups in total. The topological polar surface area (TPSA) is 50.1 Å². The Hall–Kier alpha value is -1.60. The van der Waals surface area contributed by atoms with Gasteiger partial charge < -0.3 is 4.74 Å². The molecule has 0 atom stereocenters. The first-order valence-corrected chi connectivity index (χ1v) is 5.58. The van der Waals surface area contributed by atoms with Gasteiger partial charge in [0.2, 0.25) is 0 Å². The SMILES string of the molecule is CCOC(=O)Cc1c(F)cc(CCl)cc1C#N. The zero-order valence-corrected chi connectivity index (χ0v) is 10.1. The van der Waals surface area contributed by atoms with E-state index in [1.165, 1.54) is 12.1 Å². The molecular weight excluding hydrogens is 245 g/mol. The van der Waals surface area contributed by atoms with Crippen LogP contribution in [0.15, 0.2) is 12.1 Å². The standard InChI is InChI=1S/C12H11ClFNO2/c1-2-17-12(16)5-10-9(7-15)3-8(6-13)4-11(10)14/h3-4H,2,5-6H2,1H3. The third-order valence-corrected chi connectivity index (χ3v) is 2.47. The van der Waals surface area contributed by atoms with Gasteiger partial charge in [-0.05, 0) is 24.6 Å². The summed E-state index contributed by atoms with van der Waals surface area (Å²) < 4.78 is 18.4. The Balaban J connectivity index is 3.07. The van der Waals surface area contributed by atoms with Crippen LogP contribution in [0.4, 0.5) is 4.39 Å². The molecule has 0 amide bonds. The maximum absolute atomic E-state index is 13.7. The molecule has 0 bridgehead atoms. The van der Waals surface area contributed by atoms with Crippen LogP contribution in [0.1, 0.15) is 23.6 Å². The molecule has 0 unspecified atom stereocenters. The summed E-state index contributed by atoms with van der Waals surface area (Å²) in [7, 11) is 0. The molecule has 5 heteroatoms. The number of carbonyl (C=O) groups excluding carboxylic acids is 1. The van der Waals surface area contributed by atoms with Gasteiger partial charge in [-0.3, -0.25) is 4.79 Å². The molecule has 0 spiro atoms. The minimum absolute atomic E-state index is 0.0554. The molecule has 0 aliphatic rings. The predicted octanol–water partition coefficient (Wildman–Crippen LogP) is 2.54. The molecule has 0 aliphatic carbocycles. The monoisotopic (exact) mass is 255 g/mol. The van der Waals surface area contributed by atoms with Crippen molar-refractivity contribution in [1.82, 2.24) is 0 Å². The fourth-order valence-corrected chi connectivity index (χ4v) is 1.56. The lowest BCUT2D eigenvalue weighted by Crippen LogP contribution is -2.10. The molecule has 0 aromatic heterocycles. The highest BCUT2D eigenvalue weighted by atomic mass is 35.5. The molecule has 0 saturated carbocycles. The molecule has 0 saturated heterocycles. The van der Waals surface area contributed by atoms with Crippen molar-refractivity contribution in [3.63, 3.8) is 0 Å². The number of nitrogens with zero attached hydrogens (tertiary/aromatic N) is 1. The Morgan fingerprint density at radius 1 is 1.59 bits per heavy atom. The van der Waals surface area contributed by atoms with Gasteiger partial charge in [-0.2, -0.15) is 5.26 Å². The second-order valence-corrected chi connectivity index (χ2v) is 3.60. The lowest BCUT2D eigenvalue weighted by atomic mass is 10.0. The van der Waals surface area contributed by atoms with Crippen molar-refractivity contribution in [1.29, 1.82) is 5.26 Å². The molecular formula is C12H11ClFNO2. The average molecular weight is 256 g/mol. The number of ether oxygens (including phenoxy) is 1. The number of benzene rings is 1. The number of nitriles is 1. The number of hydrogen-bond acceptors (Lipinski definition) is 3. The summed E-state index contributed by atoms with van der Waals surface area (Å²) in [4.78, 5) is 11.3. The van der Waals surface area contributed by atoms with Gasteiger partial charge in [0.15, 0.2) is 0 Å². The van der Waals surface area contributed by atoms with Gasteiger partial charge in [0.25, 0.3) is 0 Å². The highest BCUT2D eigenvalue weighted by molar-refractivity contribution is 6.17. The van der Waals surface area contributed by atoms with Crippen LogP contribution in [-0.4, -0.2) is 12.6 Å². The van der Waals surface area contributed by atoms with E-state index in [2.05, 4.69) is 0 Å². The molecule has 0 fully saturated rings. The second-order valence-electron chi connectivity index (χ2n) is 3.33. The normalized spacial score (nSPS) is 9.76. The largest absolute Gasteiger partial charge is 0.466 e. The summed E-state index contributed by atoms with van der Waals surface area (Å²) in [6.07, 6.45) is -0.245. The van der Waals surface area contributed by atoms with Crippen LogP contribution in [0.25, 0.3) is 0 Å². The van der Waals surface area contributed by atoms with Crippen molar-refractivity contribution in [2.75, 3.05) is 6.61 Å². The van der Waals surface area contributed by atoms with Crippen LogP contribution in [0.2, 0.25) is 0 Å². The van der Waals surface area contributed by atoms with Gasteiger partial charge >= 0.3 is 5.97 Å². The summed E-state index contributed by atoms with van der Waals surface area (Å²) in [5.74, 6) is -1.04. The molecule has 1 rings (SSSR count). The Morgan fingerprint density at radius 3 is 2.82 bits per heavy atom. The van der Waals surface area contributed by atoms with Crippen molar-refractivity contribution in [3.05, 3.63) is 34.6 Å². The molecule has 17 heavy (non-hydrogen) atoms. The zero-order valence-electron chi connectivity index (χ0n) is 9.30. The van der Waals surface area contributed by atoms with E-state index in [1.807, 2.05) is 6.07 Å². The second kappa shape index (κ2) is 6.21. The lowest BCUT2D eigenvalue weighted by Gasteiger charge is -2.07. The number of alkyl halides is 1. The summed E-state index contributed by atoms with van der Waals surface area (Å²) in [5.41, 5.74) is 0.682. The Kier molecular flexibility index (Phi) is 4.92. The maximum atomic E-state index is 13.7. The van der Waals surface area contributed by atoms with Crippen molar-refractivity contribution in [3.8, 4) is 6.07 Å². The molecule has 0 heterocycles. The van der Waals surface area contributed by atoms with E-state index in [1.54, 1.807) is 6.92 Å². The first-order chi connectivity index (χ1) is 8.12. The minimum atomic E-state index is -0.604. The first kappa shape index (κ1) is 13.5. The van der Waals surface area contributed by atoms with Crippen molar-refractivity contribution in [2.24, 2.45) is 0 Å². The number of halogens is 2. The van der Waals surface area contributed by atoms with E-state index in [-0.39, 0.29) is 30.0 Å². The Labute approximate surface area is 104 Å². The summed E-state index contributed by atoms with van der Waals surface area (Å²) in [6, 6.07) is 4.55. The van der Waals surface area contributed by atoms with Gasteiger partial charge in [0.05, 0.1) is 24.7 Å². The molecule has 3 nitrogen and oxygen atoms in total. The van der Waals surface area contributed by atoms with Crippen LogP contribution in [0.3, 0.4) is 0 Å². The summed E-state index contributed by atoms with van der Waals surface area (Å²) in [6.45, 7) is 1.89. The van der Waals surface area contributed by atoms with Crippen LogP contribution in [0, 0.1) is 17.1 Å². The number of rotatable bonds is 4. The third kappa shape index (κ3) is 3.43. The van der Waals surface area contributed by atoms with Gasteiger partial charge in [-0.1, -0.05) is 0 Å². The molecule has 0 radical (unpaired) electrons. The van der Waals surface area contributed by atoms with E-state index in [9.17, 15) is 9.18 Å². The quantitative estimate of drug-likeness (QED) is 0.614. The minimum Gasteiger partial charge on any atom is -0.466 e. The van der Waals surface area contributed by atoms with Crippen molar-refractivity contribution >= 4 is 17.6 Å². The summed E-state index contributed by atoms with van der Waals surface area (Å²) in [5, 5.41) is 8.89. The highest BCUT2D eigenvalue weighted by Gasteiger charge is 2.15. The van der Waals surface area contributed by atoms with Gasteiger partial charge in [0, 0.05) is 11.4 Å². The molecule has 1 aromatic carbocycles. The maximum Gasteiger partial charge on any atom is 0.310 e. The van der Waals surface area contributed by atoms with E-state index in [0.717, 1.165) is 0 Å².